The molecule has 0 aliphatic carbocycles. The zero-order valence-corrected chi connectivity index (χ0v) is 31.9. The highest BCUT2D eigenvalue weighted by Gasteiger charge is 2.18. The van der Waals surface area contributed by atoms with Crippen molar-refractivity contribution in [3.63, 3.8) is 0 Å². The lowest BCUT2D eigenvalue weighted by molar-refractivity contribution is -0.387. The Morgan fingerprint density at radius 2 is 0.759 bits per heavy atom. The second-order valence-electron chi connectivity index (χ2n) is 11.7. The molecule has 7 rings (SSSR count). The van der Waals surface area contributed by atoms with Crippen molar-refractivity contribution in [1.82, 2.24) is 29.9 Å². The molecule has 296 valence electrons. The monoisotopic (exact) mass is 784 g/mol. The van der Waals surface area contributed by atoms with Crippen molar-refractivity contribution < 1.29 is 30.3 Å². The molecule has 58 heavy (non-hydrogen) atoms. The Hall–Kier alpha value is -8.14. The summed E-state index contributed by atoms with van der Waals surface area (Å²) >= 11 is 0. The molecule has 0 atom stereocenters. The zero-order chi connectivity index (χ0) is 42.5. The summed E-state index contributed by atoms with van der Waals surface area (Å²) in [6.45, 7) is 7.92. The molecule has 16 nitrogen and oxygen atoms in total. The van der Waals surface area contributed by atoms with Gasteiger partial charge in [-0.3, -0.25) is 50.1 Å². The largest absolute Gasteiger partial charge is 0.502 e. The minimum Gasteiger partial charge on any atom is -0.502 e. The van der Waals surface area contributed by atoms with E-state index in [2.05, 4.69) is 42.1 Å². The lowest BCUT2D eigenvalue weighted by Crippen LogP contribution is -1.97. The predicted molar refractivity (Wildman–Crippen MR) is 219 cm³/mol. The second kappa shape index (κ2) is 22.9. The summed E-state index contributed by atoms with van der Waals surface area (Å²) in [6.07, 6.45) is 14.8. The summed E-state index contributed by atoms with van der Waals surface area (Å²) in [6, 6.07) is 26.7. The topological polar surface area (TPSA) is 245 Å². The van der Waals surface area contributed by atoms with Crippen LogP contribution in [0.3, 0.4) is 0 Å². The third-order valence-electron chi connectivity index (χ3n) is 7.54. The maximum atomic E-state index is 10.1. The zero-order valence-electron chi connectivity index (χ0n) is 31.9. The van der Waals surface area contributed by atoms with E-state index in [1.807, 2.05) is 88.4 Å². The minimum absolute atomic E-state index is 0.532. The molecule has 0 spiro atoms. The standard InChI is InChI=1S/C12H10N2.C10H8N2.C8H12N2.2C6H5NO4/c1(11-3-7-13-8-4-11)2-12-5-9-14-10-6-12;1-3-7-11-9(5-1)10-6-2-4-8-12-10;1-5-6(2)10-8(4)7(3)9-5;2*8-4-2-1-3-5(9)6(4)7(10)11/h1-10H;1-8H;1-4H3;2*1-3,8-9H/b2-1+;;;;. The maximum Gasteiger partial charge on any atom is 0.351 e. The van der Waals surface area contributed by atoms with Crippen molar-refractivity contribution in [2.24, 2.45) is 0 Å². The van der Waals surface area contributed by atoms with E-state index in [0.717, 1.165) is 69.6 Å². The summed E-state index contributed by atoms with van der Waals surface area (Å²) < 4.78 is 0. The van der Waals surface area contributed by atoms with Gasteiger partial charge in [0.15, 0.2) is 23.0 Å². The molecule has 2 aromatic carbocycles. The average molecular weight is 785 g/mol. The fraction of sp³-hybridized carbons (Fsp3) is 0.0952. The molecular formula is C42H40N8O8. The van der Waals surface area contributed by atoms with Gasteiger partial charge in [-0.2, -0.15) is 0 Å². The van der Waals surface area contributed by atoms with Crippen LogP contribution >= 0.6 is 0 Å². The van der Waals surface area contributed by atoms with Crippen molar-refractivity contribution in [3.8, 4) is 34.4 Å². The number of rotatable bonds is 5. The van der Waals surface area contributed by atoms with E-state index in [-0.39, 0.29) is 0 Å². The number of pyridine rings is 4. The Morgan fingerprint density at radius 3 is 1.00 bits per heavy atom. The van der Waals surface area contributed by atoms with Crippen molar-refractivity contribution in [1.29, 1.82) is 0 Å². The van der Waals surface area contributed by atoms with Crippen LogP contribution in [0.4, 0.5) is 11.4 Å². The number of aryl methyl sites for hydroxylation is 4. The number of aromatic nitrogens is 6. The maximum absolute atomic E-state index is 10.1. The highest BCUT2D eigenvalue weighted by atomic mass is 16.6. The van der Waals surface area contributed by atoms with E-state index in [0.29, 0.717) is 0 Å². The molecule has 16 heteroatoms. The van der Waals surface area contributed by atoms with Gasteiger partial charge in [0.2, 0.25) is 0 Å². The highest BCUT2D eigenvalue weighted by Crippen LogP contribution is 2.34. The van der Waals surface area contributed by atoms with Crippen molar-refractivity contribution in [2.75, 3.05) is 0 Å². The van der Waals surface area contributed by atoms with Crippen LogP contribution in [0.2, 0.25) is 0 Å². The van der Waals surface area contributed by atoms with Gasteiger partial charge >= 0.3 is 11.4 Å². The number of aromatic hydroxyl groups is 4. The number of nitro benzene ring substituents is 2. The van der Waals surface area contributed by atoms with E-state index in [4.69, 9.17) is 20.4 Å². The van der Waals surface area contributed by atoms with Crippen LogP contribution in [0.15, 0.2) is 134 Å². The second-order valence-corrected chi connectivity index (χ2v) is 11.7. The number of hydrogen-bond donors (Lipinski definition) is 4. The van der Waals surface area contributed by atoms with Crippen LogP contribution in [0.1, 0.15) is 33.9 Å². The Bertz CT molecular complexity index is 2160. The molecule has 4 N–H and O–H groups in total. The Kier molecular flexibility index (Phi) is 17.5. The molecule has 0 aliphatic rings. The normalized spacial score (nSPS) is 9.86. The van der Waals surface area contributed by atoms with Gasteiger partial charge in [-0.15, -0.1) is 0 Å². The third kappa shape index (κ3) is 14.6. The first kappa shape index (κ1) is 44.3. The first-order valence-electron chi connectivity index (χ1n) is 17.2. The van der Waals surface area contributed by atoms with E-state index in [1.54, 1.807) is 37.2 Å². The van der Waals surface area contributed by atoms with Gasteiger partial charge in [-0.05, 0) is 112 Å². The molecule has 0 amide bonds. The number of nitrogens with zero attached hydrogens (tertiary/aromatic N) is 8. The summed E-state index contributed by atoms with van der Waals surface area (Å²) in [5.74, 6) is -2.13. The summed E-state index contributed by atoms with van der Waals surface area (Å²) in [5, 5.41) is 55.7. The van der Waals surface area contributed by atoms with Gasteiger partial charge in [-0.1, -0.05) is 36.4 Å². The fourth-order valence-corrected chi connectivity index (χ4v) is 4.41. The summed E-state index contributed by atoms with van der Waals surface area (Å²) in [5.41, 5.74) is 6.93. The number of phenols is 4. The molecule has 0 unspecified atom stereocenters. The fourth-order valence-electron chi connectivity index (χ4n) is 4.41. The van der Waals surface area contributed by atoms with Crippen LogP contribution in [0, 0.1) is 47.9 Å². The molecular weight excluding hydrogens is 745 g/mol. The number of phenolic OH excluding ortho intramolecular Hbond substituents is 4. The number of nitro groups is 2. The van der Waals surface area contributed by atoms with Gasteiger partial charge in [-0.25, -0.2) is 0 Å². The molecule has 5 aromatic heterocycles. The molecule has 0 saturated heterocycles. The van der Waals surface area contributed by atoms with Crippen LogP contribution in [-0.2, 0) is 0 Å². The van der Waals surface area contributed by atoms with Gasteiger partial charge in [0, 0.05) is 37.2 Å². The van der Waals surface area contributed by atoms with Crippen LogP contribution in [0.5, 0.6) is 23.0 Å². The SMILES string of the molecule is C(=C\c1ccncc1)/c1ccncc1.Cc1nc(C)c(C)nc1C.O=[N+]([O-])c1c(O)cccc1O.O=[N+]([O-])c1c(O)cccc1O.c1ccc(-c2ccccn2)nc1. The van der Waals surface area contributed by atoms with Crippen LogP contribution in [0.25, 0.3) is 23.5 Å². The van der Waals surface area contributed by atoms with Crippen LogP contribution < -0.4 is 0 Å². The Labute approximate surface area is 333 Å². The van der Waals surface area contributed by atoms with Crippen molar-refractivity contribution in [2.45, 2.75) is 27.7 Å². The van der Waals surface area contributed by atoms with E-state index in [1.165, 1.54) is 12.1 Å². The summed E-state index contributed by atoms with van der Waals surface area (Å²) in [7, 11) is 0. The quantitative estimate of drug-likeness (QED) is 0.0944. The minimum atomic E-state index is -0.843. The molecule has 0 aliphatic heterocycles. The molecule has 0 radical (unpaired) electrons. The van der Waals surface area contributed by atoms with Crippen LogP contribution in [-0.4, -0.2) is 60.2 Å². The predicted octanol–water partition coefficient (Wildman–Crippen LogP) is 8.51. The lowest BCUT2D eigenvalue weighted by Gasteiger charge is -2.01. The molecule has 0 bridgehead atoms. The Morgan fingerprint density at radius 1 is 0.448 bits per heavy atom. The number of hydrogen-bond acceptors (Lipinski definition) is 14. The average Bonchev–Trinajstić information content (AvgIpc) is 3.21. The lowest BCUT2D eigenvalue weighted by atomic mass is 10.2. The molecule has 5 heterocycles. The molecule has 0 fully saturated rings. The van der Waals surface area contributed by atoms with Crippen molar-refractivity contribution >= 4 is 23.5 Å². The number of benzene rings is 2. The first-order chi connectivity index (χ1) is 27.8. The number of para-hydroxylation sites is 2. The molecule has 7 aromatic rings. The first-order valence-corrected chi connectivity index (χ1v) is 17.2. The van der Waals surface area contributed by atoms with Gasteiger partial charge in [0.1, 0.15) is 0 Å². The van der Waals surface area contributed by atoms with E-state index in [9.17, 15) is 20.2 Å². The van der Waals surface area contributed by atoms with E-state index < -0.39 is 44.2 Å². The molecule has 0 saturated carbocycles. The Balaban J connectivity index is 0.000000195. The van der Waals surface area contributed by atoms with Crippen molar-refractivity contribution in [3.05, 3.63) is 188 Å². The van der Waals surface area contributed by atoms with E-state index >= 15 is 0 Å². The van der Waals surface area contributed by atoms with Gasteiger partial charge < -0.3 is 20.4 Å². The smallest absolute Gasteiger partial charge is 0.351 e. The van der Waals surface area contributed by atoms with Gasteiger partial charge in [0.05, 0.1) is 44.0 Å². The van der Waals surface area contributed by atoms with Gasteiger partial charge in [0.25, 0.3) is 0 Å². The summed E-state index contributed by atoms with van der Waals surface area (Å²) in [4.78, 5) is 43.5. The third-order valence-corrected chi connectivity index (χ3v) is 7.54. The highest BCUT2D eigenvalue weighted by molar-refractivity contribution is 5.69.